The number of hydrogen-bond acceptors (Lipinski definition) is 4. The van der Waals surface area contributed by atoms with Gasteiger partial charge in [0.05, 0.1) is 0 Å². The van der Waals surface area contributed by atoms with Crippen molar-refractivity contribution in [2.24, 2.45) is 10.4 Å². The Morgan fingerprint density at radius 1 is 1.46 bits per heavy atom. The number of nitrogens with one attached hydrogen (secondary N) is 2. The molecule has 0 saturated heterocycles. The third kappa shape index (κ3) is 5.06. The van der Waals surface area contributed by atoms with Crippen LogP contribution < -0.4 is 10.6 Å². The first kappa shape index (κ1) is 20.2. The highest BCUT2D eigenvalue weighted by Gasteiger charge is 2.27. The summed E-state index contributed by atoms with van der Waals surface area (Å²) in [6.07, 6.45) is 5.30. The highest BCUT2D eigenvalue weighted by Crippen LogP contribution is 2.27. The fraction of sp³-hybridized carbons (Fsp3) is 0.474. The Morgan fingerprint density at radius 2 is 2.08 bits per heavy atom. The number of aldehydes is 1. The van der Waals surface area contributed by atoms with Crippen LogP contribution in [0.5, 0.6) is 0 Å². The molecule has 0 aromatic rings. The van der Waals surface area contributed by atoms with Crippen LogP contribution >= 0.6 is 0 Å². The molecule has 0 aromatic carbocycles. The van der Waals surface area contributed by atoms with Gasteiger partial charge in [0.1, 0.15) is 13.7 Å². The van der Waals surface area contributed by atoms with Crippen molar-refractivity contribution in [1.29, 1.82) is 0 Å². The van der Waals surface area contributed by atoms with Gasteiger partial charge in [-0.05, 0) is 44.4 Å². The fourth-order valence-electron chi connectivity index (χ4n) is 2.88. The van der Waals surface area contributed by atoms with Crippen molar-refractivity contribution in [1.82, 2.24) is 10.6 Å². The molecule has 1 unspecified atom stereocenters. The molecule has 0 fully saturated rings. The van der Waals surface area contributed by atoms with Gasteiger partial charge in [-0.15, -0.1) is 0 Å². The van der Waals surface area contributed by atoms with Crippen molar-refractivity contribution in [3.05, 3.63) is 46.7 Å². The summed E-state index contributed by atoms with van der Waals surface area (Å²) in [4.78, 5) is 16.1. The molecule has 0 aromatic heterocycles. The van der Waals surface area contributed by atoms with Crippen LogP contribution in [0.4, 0.5) is 0 Å². The summed E-state index contributed by atoms with van der Waals surface area (Å²) in [5.41, 5.74) is 3.51. The van der Waals surface area contributed by atoms with Gasteiger partial charge in [-0.25, -0.2) is 4.99 Å². The topological polar surface area (TPSA) is 53.5 Å². The number of rotatable bonds is 5. The van der Waals surface area contributed by atoms with E-state index in [2.05, 4.69) is 43.0 Å². The van der Waals surface area contributed by atoms with Gasteiger partial charge in [0.2, 0.25) is 0 Å². The van der Waals surface area contributed by atoms with E-state index in [0.717, 1.165) is 23.0 Å². The predicted molar refractivity (Wildman–Crippen MR) is 103 cm³/mol. The van der Waals surface area contributed by atoms with Crippen LogP contribution in [0.2, 0.25) is 0 Å². The molecule has 128 valence electrons. The van der Waals surface area contributed by atoms with E-state index < -0.39 is 0 Å². The van der Waals surface area contributed by atoms with Crippen molar-refractivity contribution in [3.8, 4) is 0 Å². The normalized spacial score (nSPS) is 17.7. The van der Waals surface area contributed by atoms with E-state index in [4.69, 9.17) is 7.85 Å². The van der Waals surface area contributed by atoms with Crippen LogP contribution in [0, 0.1) is 5.41 Å². The summed E-state index contributed by atoms with van der Waals surface area (Å²) in [7, 11) is 7.80. The van der Waals surface area contributed by atoms with Gasteiger partial charge in [0, 0.05) is 23.0 Å². The number of nitrogens with zero attached hydrogens (tertiary/aromatic N) is 1. The molecule has 0 aliphatic carbocycles. The minimum atomic E-state index is -0.0269. The Morgan fingerprint density at radius 3 is 2.58 bits per heavy atom. The quantitative estimate of drug-likeness (QED) is 0.354. The number of carbonyl (C=O) groups excluding carboxylic acids is 1. The maximum absolute atomic E-state index is 11.7. The molecular formula is C19H28BN3O. The first-order valence-corrected chi connectivity index (χ1v) is 8.11. The summed E-state index contributed by atoms with van der Waals surface area (Å²) in [6.45, 7) is 14.2. The molecule has 5 heteroatoms. The smallest absolute Gasteiger partial charge is 0.152 e. The summed E-state index contributed by atoms with van der Waals surface area (Å²) in [5, 5.41) is 6.42. The lowest BCUT2D eigenvalue weighted by Crippen LogP contribution is -2.40. The summed E-state index contributed by atoms with van der Waals surface area (Å²) >= 11 is 0. The molecule has 2 radical (unpaired) electrons. The lowest BCUT2D eigenvalue weighted by molar-refractivity contribution is -0.104. The Labute approximate surface area is 147 Å². The summed E-state index contributed by atoms with van der Waals surface area (Å²) in [5.74, 6) is 0.627. The average molecular weight is 325 g/mol. The monoisotopic (exact) mass is 325 g/mol. The van der Waals surface area contributed by atoms with Gasteiger partial charge in [-0.2, -0.15) is 0 Å². The van der Waals surface area contributed by atoms with Crippen LogP contribution in [0.1, 0.15) is 41.0 Å². The van der Waals surface area contributed by atoms with Gasteiger partial charge < -0.3 is 10.6 Å². The largest absolute Gasteiger partial charge is 0.340 e. The van der Waals surface area contributed by atoms with Crippen molar-refractivity contribution in [3.63, 3.8) is 0 Å². The highest BCUT2D eigenvalue weighted by atomic mass is 16.1. The number of allylic oxidation sites excluding steroid dienone is 4. The van der Waals surface area contributed by atoms with Gasteiger partial charge in [0.25, 0.3) is 0 Å². The number of likely N-dealkylation sites (N-methyl/N-ethyl adjacent to an activating group) is 1. The van der Waals surface area contributed by atoms with Crippen LogP contribution in [0.15, 0.2) is 51.7 Å². The van der Waals surface area contributed by atoms with Crippen LogP contribution in [-0.2, 0) is 4.79 Å². The molecule has 0 bridgehead atoms. The molecule has 1 atom stereocenters. The van der Waals surface area contributed by atoms with Gasteiger partial charge in [-0.3, -0.25) is 4.79 Å². The Bertz CT molecular complexity index is 633. The number of aliphatic imine (C=N–C) groups is 1. The molecule has 24 heavy (non-hydrogen) atoms. The van der Waals surface area contributed by atoms with E-state index in [-0.39, 0.29) is 11.5 Å². The molecular weight excluding hydrogens is 297 g/mol. The van der Waals surface area contributed by atoms with E-state index >= 15 is 0 Å². The standard InChI is InChI=1S/C19H28BN3O/c1-12(18(21-7)19(4,5)6)15(11-24)13(2)22-17-10-8-9-16(20)14(3)23-17/h8,10-11,18,21H,2,9H2,1,3-7H3,(H,22,23)/b15-12+. The number of hydrogen-bond donors (Lipinski definition) is 2. The second kappa shape index (κ2) is 8.29. The van der Waals surface area contributed by atoms with Crippen LogP contribution in [0.25, 0.3) is 0 Å². The van der Waals surface area contributed by atoms with E-state index in [9.17, 15) is 4.79 Å². The summed E-state index contributed by atoms with van der Waals surface area (Å²) in [6, 6.07) is 0.0557. The van der Waals surface area contributed by atoms with Crippen molar-refractivity contribution in [2.45, 2.75) is 47.1 Å². The Balaban J connectivity index is 3.13. The highest BCUT2D eigenvalue weighted by molar-refractivity contribution is 6.22. The van der Waals surface area contributed by atoms with Gasteiger partial charge in [-0.1, -0.05) is 38.9 Å². The third-order valence-electron chi connectivity index (χ3n) is 4.10. The van der Waals surface area contributed by atoms with E-state index in [0.29, 0.717) is 23.5 Å². The molecule has 1 rings (SSSR count). The second-order valence-corrected chi connectivity index (χ2v) is 7.12. The molecule has 1 aliphatic heterocycles. The van der Waals surface area contributed by atoms with E-state index in [1.54, 1.807) is 0 Å². The van der Waals surface area contributed by atoms with Gasteiger partial charge in [0.15, 0.2) is 6.29 Å². The average Bonchev–Trinajstić information content (AvgIpc) is 2.60. The maximum Gasteiger partial charge on any atom is 0.152 e. The molecule has 1 aliphatic rings. The molecule has 0 spiro atoms. The van der Waals surface area contributed by atoms with Crippen molar-refractivity contribution >= 4 is 20.0 Å². The maximum atomic E-state index is 11.7. The fourth-order valence-corrected chi connectivity index (χ4v) is 2.88. The minimum absolute atomic E-state index is 0.0269. The summed E-state index contributed by atoms with van der Waals surface area (Å²) < 4.78 is 0. The van der Waals surface area contributed by atoms with Crippen molar-refractivity contribution in [2.75, 3.05) is 7.05 Å². The van der Waals surface area contributed by atoms with E-state index in [1.165, 1.54) is 0 Å². The third-order valence-corrected chi connectivity index (χ3v) is 4.10. The Hall–Kier alpha value is -1.88. The van der Waals surface area contributed by atoms with Crippen molar-refractivity contribution < 1.29 is 4.79 Å². The zero-order valence-corrected chi connectivity index (χ0v) is 15.7. The predicted octanol–water partition coefficient (Wildman–Crippen LogP) is 3.00. The van der Waals surface area contributed by atoms with Gasteiger partial charge >= 0.3 is 0 Å². The van der Waals surface area contributed by atoms with Crippen LogP contribution in [-0.4, -0.2) is 33.1 Å². The first-order chi connectivity index (χ1) is 11.1. The zero-order chi connectivity index (χ0) is 18.5. The number of carbonyl (C=O) groups is 1. The molecule has 1 heterocycles. The van der Waals surface area contributed by atoms with E-state index in [1.807, 2.05) is 33.0 Å². The molecule has 0 saturated carbocycles. The lowest BCUT2D eigenvalue weighted by Gasteiger charge is -2.32. The number of amidine groups is 1. The SMILES string of the molecule is [B]C1=C(C)N=C(NC(=C)/C(C=O)=C(\C)C(NC)C(C)(C)C)C=CC1. The first-order valence-electron chi connectivity index (χ1n) is 8.11. The second-order valence-electron chi connectivity index (χ2n) is 7.12. The zero-order valence-electron chi connectivity index (χ0n) is 15.7. The minimum Gasteiger partial charge on any atom is -0.340 e. The molecule has 0 amide bonds. The molecule has 2 N–H and O–H groups in total. The lowest BCUT2D eigenvalue weighted by atomic mass is 9.81. The molecule has 4 nitrogen and oxygen atoms in total. The van der Waals surface area contributed by atoms with Crippen LogP contribution in [0.3, 0.4) is 0 Å². The Kier molecular flexibility index (Phi) is 6.97.